The number of benzene rings is 4. The fourth-order valence-corrected chi connectivity index (χ4v) is 20.6. The maximum absolute atomic E-state index is 12.0. The van der Waals surface area contributed by atoms with Gasteiger partial charge in [0.1, 0.15) is 73.8 Å². The number of halogens is 11. The molecule has 34 heteroatoms. The molecule has 516 valence electrons. The second kappa shape index (κ2) is 35.9. The molecule has 0 aromatic heterocycles. The van der Waals surface area contributed by atoms with Gasteiger partial charge in [0.2, 0.25) is 0 Å². The molecule has 2 saturated carbocycles. The van der Waals surface area contributed by atoms with Gasteiger partial charge in [0.15, 0.2) is 0 Å². The Kier molecular flexibility index (Phi) is 31.5. The first-order valence-electron chi connectivity index (χ1n) is 28.1. The Morgan fingerprint density at radius 3 is 1.02 bits per heavy atom. The molecule has 0 radical (unpaired) electrons. The number of alkyl halides is 11. The number of hydrogen-bond donors (Lipinski definition) is 4. The zero-order valence-corrected chi connectivity index (χ0v) is 57.1. The van der Waals surface area contributed by atoms with Crippen molar-refractivity contribution in [3.63, 3.8) is 0 Å². The molecule has 0 amide bonds. The average Bonchev–Trinajstić information content (AvgIpc) is 1.41. The van der Waals surface area contributed by atoms with Crippen molar-refractivity contribution in [3.8, 4) is 23.0 Å². The number of hydrogen-bond acceptors (Lipinski definition) is 19. The minimum absolute atomic E-state index is 0.0359. The first-order valence-corrected chi connectivity index (χ1v) is 37.7. The Balaban J connectivity index is 0.000000278. The van der Waals surface area contributed by atoms with Crippen molar-refractivity contribution in [1.29, 1.82) is 0 Å². The van der Waals surface area contributed by atoms with Crippen LogP contribution < -0.4 is 18.9 Å². The topological polar surface area (TPSA) is 270 Å². The fraction of sp³-hybridized carbons (Fsp3) is 0.579. The van der Waals surface area contributed by atoms with Gasteiger partial charge in [0.25, 0.3) is 0 Å². The van der Waals surface area contributed by atoms with Crippen molar-refractivity contribution in [2.45, 2.75) is 156 Å². The Bertz CT molecular complexity index is 3010. The molecule has 7 rings (SSSR count). The molecule has 4 N–H and O–H groups in total. The van der Waals surface area contributed by atoms with Crippen molar-refractivity contribution < 1.29 is 120 Å². The van der Waals surface area contributed by atoms with Crippen LogP contribution in [0.1, 0.15) is 114 Å². The Morgan fingerprint density at radius 2 is 0.758 bits per heavy atom. The van der Waals surface area contributed by atoms with Crippen LogP contribution in [0.15, 0.2) is 97.1 Å². The van der Waals surface area contributed by atoms with Gasteiger partial charge in [-0.3, -0.25) is 0 Å². The first-order chi connectivity index (χ1) is 42.3. The van der Waals surface area contributed by atoms with Crippen LogP contribution in [0.25, 0.3) is 0 Å². The predicted molar refractivity (Wildman–Crippen MR) is 317 cm³/mol. The molecule has 4 aromatic carbocycles. The molecule has 1 saturated heterocycles. The summed E-state index contributed by atoms with van der Waals surface area (Å²) in [4.78, 5) is 0. The molecule has 1 heterocycles. The van der Waals surface area contributed by atoms with Gasteiger partial charge in [-0.1, -0.05) is 115 Å². The summed E-state index contributed by atoms with van der Waals surface area (Å²) < 4.78 is 213. The van der Waals surface area contributed by atoms with Gasteiger partial charge < -0.3 is 48.8 Å². The SMILES string of the molecule is CC(C)(c1ccc(OCC(O)CCl)cc1)c1ccc(OCC(O)COC2CCCCC2)cc1.CC(C)(c1ccc(OCC(O)CCl)cc1)c1ccc(OCC2CO2)cc1.O=S(=O)([O][Bi]([O]S(=O)(=O)C(F)(F)F)[O]S(=O)(=O)C(F)(F)F)C(F)(F)F.OC1CCCCC1. The zero-order valence-electron chi connectivity index (χ0n) is 49.7. The number of rotatable bonds is 27. The van der Waals surface area contributed by atoms with Gasteiger partial charge in [0.05, 0.1) is 37.2 Å². The molecule has 91 heavy (non-hydrogen) atoms. The van der Waals surface area contributed by atoms with E-state index in [2.05, 4.69) is 70.9 Å². The van der Waals surface area contributed by atoms with Gasteiger partial charge in [-0.25, -0.2) is 0 Å². The monoisotopic (exact) mass is 1610 g/mol. The summed E-state index contributed by atoms with van der Waals surface area (Å²) in [6, 6.07) is 32.1. The van der Waals surface area contributed by atoms with Crippen LogP contribution in [0.5, 0.6) is 23.0 Å². The van der Waals surface area contributed by atoms with E-state index in [0.29, 0.717) is 19.0 Å². The molecule has 2 aliphatic carbocycles. The van der Waals surface area contributed by atoms with Crippen LogP contribution in [-0.2, 0) is 57.4 Å². The third-order valence-corrected chi connectivity index (χ3v) is 28.3. The molecule has 0 spiro atoms. The maximum atomic E-state index is 12.0. The van der Waals surface area contributed by atoms with E-state index in [-0.39, 0.29) is 60.7 Å². The van der Waals surface area contributed by atoms with E-state index in [4.69, 9.17) is 56.7 Å². The molecular weight excluding hydrogens is 1540 g/mol. The Labute approximate surface area is 543 Å². The minimum atomic E-state index is -7.11. The molecule has 0 bridgehead atoms. The summed E-state index contributed by atoms with van der Waals surface area (Å²) in [7, 11) is -21.2. The molecule has 4 atom stereocenters. The van der Waals surface area contributed by atoms with E-state index in [1.54, 1.807) is 0 Å². The summed E-state index contributed by atoms with van der Waals surface area (Å²) in [5, 5.41) is 38.1. The second-order valence-electron chi connectivity index (χ2n) is 21.8. The fourth-order valence-electron chi connectivity index (χ4n) is 8.24. The van der Waals surface area contributed by atoms with Crippen LogP contribution >= 0.6 is 23.2 Å². The molecule has 4 aromatic rings. The van der Waals surface area contributed by atoms with E-state index in [9.17, 15) is 80.1 Å². The second-order valence-corrected chi connectivity index (χ2v) is 34.0. The number of aliphatic hydroxyl groups is 4. The van der Waals surface area contributed by atoms with Crippen molar-refractivity contribution in [2.75, 3.05) is 51.4 Å². The van der Waals surface area contributed by atoms with E-state index >= 15 is 0 Å². The van der Waals surface area contributed by atoms with Crippen molar-refractivity contribution in [3.05, 3.63) is 119 Å². The molecule has 4 unspecified atom stereocenters. The van der Waals surface area contributed by atoms with E-state index in [1.807, 2.05) is 60.7 Å². The standard InChI is InChI=1S/C27H37ClO5.C21H25ClO4.C6H12O.3CHF3O3S.Bi/c1-27(2,20-8-12-25(13-9-20)31-17-22(29)16-28)21-10-14-26(15-11-21)33-19-23(30)18-32-24-6-4-3-5-7-24;1-21(2,15-3-7-18(8-4-15)24-12-17(23)11-22)16-5-9-19(10-6-16)25-13-20-14-26-20;7-6-4-2-1-3-5-6;3*2-1(3,4)8(5,6)7;/h8-15,22-24,29-30H,3-7,16-19H2,1-2H3;3-10,17,20,23H,11-14H2,1-2H3;6-7H,1-5H2;3*(H,5,6,7);/q;;;;;;+3/p-3. The summed E-state index contributed by atoms with van der Waals surface area (Å²) >= 11 is 4.07. The number of epoxide rings is 1. The predicted octanol–water partition coefficient (Wildman–Crippen LogP) is 10.7. The summed E-state index contributed by atoms with van der Waals surface area (Å²) in [5.74, 6) is 3.33. The smallest absolute Gasteiger partial charge is 0.0540 e. The number of ether oxygens (including phenoxy) is 6. The van der Waals surface area contributed by atoms with Crippen LogP contribution in [-0.4, -0.2) is 173 Å². The average molecular weight is 1610 g/mol. The van der Waals surface area contributed by atoms with Crippen LogP contribution in [0.4, 0.5) is 39.5 Å². The molecule has 1 aliphatic heterocycles. The first kappa shape index (κ1) is 79.8. The summed E-state index contributed by atoms with van der Waals surface area (Å²) in [6.07, 6.45) is 10.4. The van der Waals surface area contributed by atoms with Gasteiger partial charge in [-0.15, -0.1) is 23.2 Å². The van der Waals surface area contributed by atoms with E-state index in [1.165, 1.54) is 49.7 Å². The largest absolute Gasteiger partial charge is 0.393 e. The van der Waals surface area contributed by atoms with Gasteiger partial charge in [0, 0.05) is 10.8 Å². The maximum Gasteiger partial charge on any atom is 0.0540 e. The van der Waals surface area contributed by atoms with E-state index < -0.39 is 88.3 Å². The summed E-state index contributed by atoms with van der Waals surface area (Å²) in [5.41, 5.74) is -15.1. The summed E-state index contributed by atoms with van der Waals surface area (Å²) in [6.45, 7) is 11.0. The van der Waals surface area contributed by atoms with E-state index in [0.717, 1.165) is 60.7 Å². The van der Waals surface area contributed by atoms with Gasteiger partial charge in [-0.05, 0) is 96.5 Å². The molecular formula is C57H74BiCl2F9O19S3. The Morgan fingerprint density at radius 1 is 0.473 bits per heavy atom. The van der Waals surface area contributed by atoms with Crippen molar-refractivity contribution >= 4 is 76.6 Å². The van der Waals surface area contributed by atoms with Crippen LogP contribution in [0.3, 0.4) is 0 Å². The van der Waals surface area contributed by atoms with Crippen LogP contribution in [0, 0.1) is 0 Å². The van der Waals surface area contributed by atoms with Gasteiger partial charge in [-0.2, -0.15) is 0 Å². The minimum Gasteiger partial charge on any atom is -0.393 e. The third kappa shape index (κ3) is 27.2. The van der Waals surface area contributed by atoms with Crippen molar-refractivity contribution in [1.82, 2.24) is 0 Å². The quantitative estimate of drug-likeness (QED) is 0.0142. The normalized spacial score (nSPS) is 17.4. The zero-order chi connectivity index (χ0) is 68.1. The molecule has 19 nitrogen and oxygen atoms in total. The number of aliphatic hydroxyl groups excluding tert-OH is 4. The Hall–Kier alpha value is -3.60. The van der Waals surface area contributed by atoms with Crippen LogP contribution in [0.2, 0.25) is 0 Å². The van der Waals surface area contributed by atoms with Gasteiger partial charge >= 0.3 is 141 Å². The molecule has 3 fully saturated rings. The van der Waals surface area contributed by atoms with Crippen molar-refractivity contribution in [2.24, 2.45) is 0 Å². The molecule has 3 aliphatic rings. The third-order valence-electron chi connectivity index (χ3n) is 13.8.